The van der Waals surface area contributed by atoms with Crippen LogP contribution in [-0.4, -0.2) is 18.2 Å². The Bertz CT molecular complexity index is 555. The zero-order chi connectivity index (χ0) is 12.5. The molecule has 1 aromatic carbocycles. The van der Waals surface area contributed by atoms with Crippen molar-refractivity contribution in [2.45, 2.75) is 13.0 Å². The van der Waals surface area contributed by atoms with Gasteiger partial charge in [0.15, 0.2) is 0 Å². The van der Waals surface area contributed by atoms with Gasteiger partial charge in [0, 0.05) is 37.9 Å². The first kappa shape index (κ1) is 11.4. The second-order valence-corrected chi connectivity index (χ2v) is 4.72. The highest BCUT2D eigenvalue weighted by Crippen LogP contribution is 2.28. The minimum Gasteiger partial charge on any atom is -0.497 e. The first-order valence-corrected chi connectivity index (χ1v) is 6.32. The number of fused-ring (bicyclic) bond motifs is 1. The van der Waals surface area contributed by atoms with Crippen molar-refractivity contribution in [3.05, 3.63) is 41.6 Å². The predicted molar refractivity (Wildman–Crippen MR) is 72.8 cm³/mol. The first-order valence-electron chi connectivity index (χ1n) is 6.32. The Morgan fingerprint density at radius 1 is 1.22 bits per heavy atom. The van der Waals surface area contributed by atoms with Crippen LogP contribution >= 0.6 is 0 Å². The van der Waals surface area contributed by atoms with Gasteiger partial charge in [-0.3, -0.25) is 0 Å². The normalized spacial score (nSPS) is 14.3. The van der Waals surface area contributed by atoms with Gasteiger partial charge in [0.25, 0.3) is 0 Å². The molecule has 1 aliphatic rings. The summed E-state index contributed by atoms with van der Waals surface area (Å²) in [5, 5.41) is 3.42. The topological polar surface area (TPSA) is 26.2 Å². The summed E-state index contributed by atoms with van der Waals surface area (Å²) in [6.07, 6.45) is 1.11. The highest BCUT2D eigenvalue weighted by Gasteiger charge is 2.16. The summed E-state index contributed by atoms with van der Waals surface area (Å²) in [4.78, 5) is 0. The van der Waals surface area contributed by atoms with Crippen molar-refractivity contribution in [3.63, 3.8) is 0 Å². The quantitative estimate of drug-likeness (QED) is 0.875. The number of hydrogen-bond donors (Lipinski definition) is 1. The fourth-order valence-corrected chi connectivity index (χ4v) is 2.66. The molecule has 0 unspecified atom stereocenters. The molecule has 3 rings (SSSR count). The third-order valence-corrected chi connectivity index (χ3v) is 3.69. The molecule has 0 atom stereocenters. The summed E-state index contributed by atoms with van der Waals surface area (Å²) in [6.45, 7) is 2.06. The van der Waals surface area contributed by atoms with E-state index in [1.807, 2.05) is 12.1 Å². The monoisotopic (exact) mass is 242 g/mol. The zero-order valence-electron chi connectivity index (χ0n) is 10.9. The standard InChI is InChI=1S/C15H18N2O/c1-17-14-7-8-16-10-12(14)9-15(17)11-3-5-13(18-2)6-4-11/h3-6,9,16H,7-8,10H2,1-2H3. The van der Waals surface area contributed by atoms with Crippen molar-refractivity contribution in [1.82, 2.24) is 9.88 Å². The van der Waals surface area contributed by atoms with Crippen LogP contribution in [0.3, 0.4) is 0 Å². The molecule has 1 aromatic heterocycles. The molecule has 18 heavy (non-hydrogen) atoms. The number of nitrogens with one attached hydrogen (secondary N) is 1. The van der Waals surface area contributed by atoms with Crippen LogP contribution in [0.4, 0.5) is 0 Å². The highest BCUT2D eigenvalue weighted by molar-refractivity contribution is 5.63. The fourth-order valence-electron chi connectivity index (χ4n) is 2.66. The predicted octanol–water partition coefficient (Wildman–Crippen LogP) is 2.35. The van der Waals surface area contributed by atoms with E-state index in [9.17, 15) is 0 Å². The van der Waals surface area contributed by atoms with Crippen LogP contribution in [-0.2, 0) is 20.0 Å². The van der Waals surface area contributed by atoms with Crippen molar-refractivity contribution in [3.8, 4) is 17.0 Å². The second kappa shape index (κ2) is 4.50. The van der Waals surface area contributed by atoms with Crippen LogP contribution in [0.2, 0.25) is 0 Å². The van der Waals surface area contributed by atoms with Gasteiger partial charge in [0.2, 0.25) is 0 Å². The number of methoxy groups -OCH3 is 1. The van der Waals surface area contributed by atoms with Crippen LogP contribution in [0.1, 0.15) is 11.3 Å². The summed E-state index contributed by atoms with van der Waals surface area (Å²) in [7, 11) is 3.85. The van der Waals surface area contributed by atoms with Gasteiger partial charge >= 0.3 is 0 Å². The van der Waals surface area contributed by atoms with E-state index >= 15 is 0 Å². The highest BCUT2D eigenvalue weighted by atomic mass is 16.5. The van der Waals surface area contributed by atoms with Crippen LogP contribution < -0.4 is 10.1 Å². The van der Waals surface area contributed by atoms with Crippen molar-refractivity contribution in [2.75, 3.05) is 13.7 Å². The van der Waals surface area contributed by atoms with Gasteiger partial charge in [-0.25, -0.2) is 0 Å². The lowest BCUT2D eigenvalue weighted by molar-refractivity contribution is 0.415. The lowest BCUT2D eigenvalue weighted by Crippen LogP contribution is -2.24. The largest absolute Gasteiger partial charge is 0.497 e. The molecule has 0 radical (unpaired) electrons. The van der Waals surface area contributed by atoms with E-state index < -0.39 is 0 Å². The summed E-state index contributed by atoms with van der Waals surface area (Å²) >= 11 is 0. The maximum Gasteiger partial charge on any atom is 0.118 e. The Kier molecular flexibility index (Phi) is 2.84. The van der Waals surface area contributed by atoms with E-state index in [0.29, 0.717) is 0 Å². The Hall–Kier alpha value is -1.74. The molecule has 0 aliphatic carbocycles. The van der Waals surface area contributed by atoms with E-state index in [1.165, 1.54) is 22.5 Å². The first-order chi connectivity index (χ1) is 8.79. The molecular weight excluding hydrogens is 224 g/mol. The molecule has 0 saturated carbocycles. The van der Waals surface area contributed by atoms with Gasteiger partial charge in [-0.2, -0.15) is 0 Å². The summed E-state index contributed by atoms with van der Waals surface area (Å²) in [5.74, 6) is 0.902. The fraction of sp³-hybridized carbons (Fsp3) is 0.333. The summed E-state index contributed by atoms with van der Waals surface area (Å²) in [5.41, 5.74) is 5.41. The van der Waals surface area contributed by atoms with E-state index in [0.717, 1.165) is 25.3 Å². The number of nitrogens with zero attached hydrogens (tertiary/aromatic N) is 1. The summed E-state index contributed by atoms with van der Waals surface area (Å²) in [6, 6.07) is 10.6. The van der Waals surface area contributed by atoms with Gasteiger partial charge in [0.05, 0.1) is 7.11 Å². The maximum absolute atomic E-state index is 5.20. The van der Waals surface area contributed by atoms with Gasteiger partial charge in [-0.1, -0.05) is 0 Å². The van der Waals surface area contributed by atoms with Crippen molar-refractivity contribution >= 4 is 0 Å². The Morgan fingerprint density at radius 3 is 2.67 bits per heavy atom. The zero-order valence-corrected chi connectivity index (χ0v) is 10.9. The number of hydrogen-bond acceptors (Lipinski definition) is 2. The van der Waals surface area contributed by atoms with Crippen molar-refractivity contribution in [1.29, 1.82) is 0 Å². The van der Waals surface area contributed by atoms with Crippen LogP contribution in [0, 0.1) is 0 Å². The number of rotatable bonds is 2. The smallest absolute Gasteiger partial charge is 0.118 e. The van der Waals surface area contributed by atoms with Crippen molar-refractivity contribution in [2.24, 2.45) is 7.05 Å². The van der Waals surface area contributed by atoms with Gasteiger partial charge in [0.1, 0.15) is 5.75 Å². The van der Waals surface area contributed by atoms with Gasteiger partial charge in [-0.05, 0) is 41.5 Å². The number of ether oxygens (including phenoxy) is 1. The lowest BCUT2D eigenvalue weighted by Gasteiger charge is -2.15. The molecule has 2 heterocycles. The molecule has 0 spiro atoms. The van der Waals surface area contributed by atoms with Crippen LogP contribution in [0.15, 0.2) is 30.3 Å². The van der Waals surface area contributed by atoms with E-state index in [-0.39, 0.29) is 0 Å². The Morgan fingerprint density at radius 2 is 2.00 bits per heavy atom. The average molecular weight is 242 g/mol. The maximum atomic E-state index is 5.20. The van der Waals surface area contributed by atoms with E-state index in [4.69, 9.17) is 4.74 Å². The Labute approximate surface area is 107 Å². The lowest BCUT2D eigenvalue weighted by atomic mass is 10.1. The molecule has 1 N–H and O–H groups in total. The molecule has 0 bridgehead atoms. The van der Waals surface area contributed by atoms with Gasteiger partial charge in [-0.15, -0.1) is 0 Å². The molecule has 2 aromatic rings. The molecule has 0 amide bonds. The molecule has 3 heteroatoms. The van der Waals surface area contributed by atoms with Crippen LogP contribution in [0.5, 0.6) is 5.75 Å². The van der Waals surface area contributed by atoms with Crippen molar-refractivity contribution < 1.29 is 4.74 Å². The molecule has 1 aliphatic heterocycles. The van der Waals surface area contributed by atoms with Gasteiger partial charge < -0.3 is 14.6 Å². The SMILES string of the molecule is COc1ccc(-c2cc3c(n2C)CCNC3)cc1. The summed E-state index contributed by atoms with van der Waals surface area (Å²) < 4.78 is 7.52. The minimum atomic E-state index is 0.902. The van der Waals surface area contributed by atoms with E-state index in [1.54, 1.807) is 7.11 Å². The number of benzene rings is 1. The van der Waals surface area contributed by atoms with Crippen LogP contribution in [0.25, 0.3) is 11.3 Å². The molecule has 0 fully saturated rings. The third kappa shape index (κ3) is 1.81. The molecule has 94 valence electrons. The third-order valence-electron chi connectivity index (χ3n) is 3.69. The van der Waals surface area contributed by atoms with E-state index in [2.05, 4.69) is 35.1 Å². The Balaban J connectivity index is 2.02. The second-order valence-electron chi connectivity index (χ2n) is 4.72. The number of aromatic nitrogens is 1. The minimum absolute atomic E-state index is 0.902. The molecule has 3 nitrogen and oxygen atoms in total. The average Bonchev–Trinajstić information content (AvgIpc) is 2.77. The molecular formula is C15H18N2O. The molecule has 0 saturated heterocycles.